The lowest BCUT2D eigenvalue weighted by Crippen LogP contribution is -2.35. The maximum absolute atomic E-state index is 12.1. The Labute approximate surface area is 116 Å². The van der Waals surface area contributed by atoms with E-state index in [4.69, 9.17) is 14.6 Å². The van der Waals surface area contributed by atoms with Crippen LogP contribution in [0.5, 0.6) is 5.75 Å². The van der Waals surface area contributed by atoms with Crippen LogP contribution in [0.3, 0.4) is 0 Å². The highest BCUT2D eigenvalue weighted by molar-refractivity contribution is 5.96. The zero-order valence-electron chi connectivity index (χ0n) is 11.2. The van der Waals surface area contributed by atoms with Gasteiger partial charge in [-0.2, -0.15) is 0 Å². The van der Waals surface area contributed by atoms with Gasteiger partial charge >= 0.3 is 5.97 Å². The molecule has 1 aromatic rings. The fraction of sp³-hybridized carbons (Fsp3) is 0.429. The third-order valence-electron chi connectivity index (χ3n) is 3.12. The van der Waals surface area contributed by atoms with Gasteiger partial charge in [0.25, 0.3) is 5.91 Å². The number of carboxylic acids is 1. The molecule has 1 aliphatic rings. The second-order valence-corrected chi connectivity index (χ2v) is 4.58. The lowest BCUT2D eigenvalue weighted by atomic mass is 10.2. The Balaban J connectivity index is 1.97. The molecule has 1 heterocycles. The minimum Gasteiger partial charge on any atom is -0.482 e. The summed E-state index contributed by atoms with van der Waals surface area (Å²) in [4.78, 5) is 24.1. The molecule has 0 aliphatic carbocycles. The molecule has 0 bridgehead atoms. The average molecular weight is 279 g/mol. The van der Waals surface area contributed by atoms with Crippen molar-refractivity contribution in [3.63, 3.8) is 0 Å². The topological polar surface area (TPSA) is 76.1 Å². The van der Waals surface area contributed by atoms with Gasteiger partial charge < -0.3 is 19.5 Å². The molecule has 0 saturated carbocycles. The van der Waals surface area contributed by atoms with Gasteiger partial charge in [-0.25, -0.2) is 4.79 Å². The maximum atomic E-state index is 12.1. The van der Waals surface area contributed by atoms with Crippen LogP contribution in [0.25, 0.3) is 0 Å². The number of benzene rings is 1. The lowest BCUT2D eigenvalue weighted by Gasteiger charge is -2.20. The summed E-state index contributed by atoms with van der Waals surface area (Å²) in [6.45, 7) is 0.246. The molecular formula is C14H17NO5. The Bertz CT molecular complexity index is 479. The van der Waals surface area contributed by atoms with Gasteiger partial charge in [0.1, 0.15) is 11.9 Å². The summed E-state index contributed by atoms with van der Waals surface area (Å²) in [5.74, 6) is -0.643. The van der Waals surface area contributed by atoms with Crippen molar-refractivity contribution in [2.24, 2.45) is 0 Å². The fourth-order valence-electron chi connectivity index (χ4n) is 2.03. The fourth-order valence-corrected chi connectivity index (χ4v) is 2.03. The van der Waals surface area contributed by atoms with Crippen LogP contribution in [0.4, 0.5) is 5.69 Å². The largest absolute Gasteiger partial charge is 0.482 e. The number of aliphatic carboxylic acids is 1. The molecule has 0 radical (unpaired) electrons. The van der Waals surface area contributed by atoms with Crippen molar-refractivity contribution in [2.75, 3.05) is 25.2 Å². The zero-order valence-corrected chi connectivity index (χ0v) is 11.2. The highest BCUT2D eigenvalue weighted by Crippen LogP contribution is 2.21. The van der Waals surface area contributed by atoms with E-state index in [0.29, 0.717) is 18.0 Å². The van der Waals surface area contributed by atoms with Gasteiger partial charge in [0.05, 0.1) is 0 Å². The standard InChI is InChI=1S/C14H17NO5/c1-15(14(18)12-3-2-8-19-12)10-4-6-11(7-5-10)20-9-13(16)17/h4-7,12H,2-3,8-9H2,1H3,(H,16,17). The van der Waals surface area contributed by atoms with Crippen molar-refractivity contribution in [2.45, 2.75) is 18.9 Å². The summed E-state index contributed by atoms with van der Waals surface area (Å²) in [7, 11) is 1.69. The Morgan fingerprint density at radius 3 is 2.65 bits per heavy atom. The first-order valence-electron chi connectivity index (χ1n) is 6.42. The van der Waals surface area contributed by atoms with Crippen molar-refractivity contribution < 1.29 is 24.2 Å². The Hall–Kier alpha value is -2.08. The smallest absolute Gasteiger partial charge is 0.341 e. The van der Waals surface area contributed by atoms with Crippen LogP contribution >= 0.6 is 0 Å². The molecule has 1 unspecified atom stereocenters. The number of carbonyl (C=O) groups excluding carboxylic acids is 1. The highest BCUT2D eigenvalue weighted by Gasteiger charge is 2.27. The van der Waals surface area contributed by atoms with E-state index in [1.54, 1.807) is 31.3 Å². The monoisotopic (exact) mass is 279 g/mol. The molecule has 1 aromatic carbocycles. The van der Waals surface area contributed by atoms with Crippen LogP contribution in [-0.2, 0) is 14.3 Å². The molecule has 20 heavy (non-hydrogen) atoms. The van der Waals surface area contributed by atoms with E-state index >= 15 is 0 Å². The van der Waals surface area contributed by atoms with Crippen LogP contribution in [0.1, 0.15) is 12.8 Å². The van der Waals surface area contributed by atoms with Crippen LogP contribution in [0.15, 0.2) is 24.3 Å². The number of rotatable bonds is 5. The van der Waals surface area contributed by atoms with Crippen molar-refractivity contribution in [3.8, 4) is 5.75 Å². The number of hydrogen-bond acceptors (Lipinski definition) is 4. The highest BCUT2D eigenvalue weighted by atomic mass is 16.5. The van der Waals surface area contributed by atoms with Crippen molar-refractivity contribution in [1.29, 1.82) is 0 Å². The SMILES string of the molecule is CN(C(=O)C1CCCO1)c1ccc(OCC(=O)O)cc1. The van der Waals surface area contributed by atoms with Crippen molar-refractivity contribution in [1.82, 2.24) is 0 Å². The summed E-state index contributed by atoms with van der Waals surface area (Å²) >= 11 is 0. The molecule has 6 nitrogen and oxygen atoms in total. The van der Waals surface area contributed by atoms with Crippen molar-refractivity contribution >= 4 is 17.6 Å². The first-order chi connectivity index (χ1) is 9.58. The summed E-state index contributed by atoms with van der Waals surface area (Å²) in [6, 6.07) is 6.70. The minimum atomic E-state index is -1.03. The second kappa shape index (κ2) is 6.38. The van der Waals surface area contributed by atoms with Gasteiger partial charge in [-0.15, -0.1) is 0 Å². The van der Waals surface area contributed by atoms with E-state index in [2.05, 4.69) is 0 Å². The van der Waals surface area contributed by atoms with E-state index in [0.717, 1.165) is 12.8 Å². The summed E-state index contributed by atoms with van der Waals surface area (Å²) in [5.41, 5.74) is 0.716. The van der Waals surface area contributed by atoms with Crippen LogP contribution in [-0.4, -0.2) is 43.3 Å². The molecule has 1 saturated heterocycles. The first kappa shape index (κ1) is 14.3. The number of carbonyl (C=O) groups is 2. The predicted octanol–water partition coefficient (Wildman–Crippen LogP) is 1.29. The lowest BCUT2D eigenvalue weighted by molar-refractivity contribution is -0.139. The number of anilines is 1. The summed E-state index contributed by atoms with van der Waals surface area (Å²) in [6.07, 6.45) is 1.30. The molecule has 1 N–H and O–H groups in total. The number of hydrogen-bond donors (Lipinski definition) is 1. The third kappa shape index (κ3) is 3.48. The van der Waals surface area contributed by atoms with E-state index in [-0.39, 0.29) is 18.6 Å². The number of carboxylic acid groups (broad SMARTS) is 1. The molecule has 0 spiro atoms. The van der Waals surface area contributed by atoms with Gasteiger partial charge in [0.15, 0.2) is 6.61 Å². The molecule has 1 aliphatic heterocycles. The molecule has 1 fully saturated rings. The van der Waals surface area contributed by atoms with E-state index in [1.165, 1.54) is 4.90 Å². The van der Waals surface area contributed by atoms with Gasteiger partial charge in [-0.1, -0.05) is 0 Å². The molecule has 2 rings (SSSR count). The van der Waals surface area contributed by atoms with Crippen LogP contribution < -0.4 is 9.64 Å². The predicted molar refractivity (Wildman–Crippen MR) is 72.0 cm³/mol. The third-order valence-corrected chi connectivity index (χ3v) is 3.12. The molecular weight excluding hydrogens is 262 g/mol. The van der Waals surface area contributed by atoms with Gasteiger partial charge in [0, 0.05) is 19.3 Å². The Morgan fingerprint density at radius 2 is 2.10 bits per heavy atom. The Kier molecular flexibility index (Phi) is 4.57. The summed E-state index contributed by atoms with van der Waals surface area (Å²) in [5, 5.41) is 8.52. The number of ether oxygens (including phenoxy) is 2. The van der Waals surface area contributed by atoms with E-state index in [1.807, 2.05) is 0 Å². The number of amides is 1. The quantitative estimate of drug-likeness (QED) is 0.879. The number of nitrogens with zero attached hydrogens (tertiary/aromatic N) is 1. The van der Waals surface area contributed by atoms with Gasteiger partial charge in [-0.3, -0.25) is 4.79 Å². The average Bonchev–Trinajstić information content (AvgIpc) is 2.98. The molecule has 1 atom stereocenters. The van der Waals surface area contributed by atoms with Crippen LogP contribution in [0.2, 0.25) is 0 Å². The number of likely N-dealkylation sites (N-methyl/N-ethyl adjacent to an activating group) is 1. The summed E-state index contributed by atoms with van der Waals surface area (Å²) < 4.78 is 10.4. The second-order valence-electron chi connectivity index (χ2n) is 4.58. The molecule has 108 valence electrons. The molecule has 1 amide bonds. The molecule has 0 aromatic heterocycles. The minimum absolute atomic E-state index is 0.0679. The normalized spacial score (nSPS) is 17.8. The van der Waals surface area contributed by atoms with Crippen molar-refractivity contribution in [3.05, 3.63) is 24.3 Å². The van der Waals surface area contributed by atoms with Gasteiger partial charge in [-0.05, 0) is 37.1 Å². The van der Waals surface area contributed by atoms with Gasteiger partial charge in [0.2, 0.25) is 0 Å². The maximum Gasteiger partial charge on any atom is 0.341 e. The van der Waals surface area contributed by atoms with Crippen LogP contribution in [0, 0.1) is 0 Å². The van der Waals surface area contributed by atoms with E-state index < -0.39 is 5.97 Å². The zero-order chi connectivity index (χ0) is 14.5. The molecule has 6 heteroatoms. The van der Waals surface area contributed by atoms with E-state index in [9.17, 15) is 9.59 Å². The first-order valence-corrected chi connectivity index (χ1v) is 6.42. The Morgan fingerprint density at radius 1 is 1.40 bits per heavy atom.